The molecule has 2 fully saturated rings. The maximum atomic E-state index is 12.6. The molecule has 23 heavy (non-hydrogen) atoms. The summed E-state index contributed by atoms with van der Waals surface area (Å²) in [5.74, 6) is -1.24. The van der Waals surface area contributed by atoms with Crippen LogP contribution in [0.15, 0.2) is 0 Å². The third-order valence-corrected chi connectivity index (χ3v) is 7.23. The molecule has 0 unspecified atom stereocenters. The monoisotopic (exact) mass is 347 g/mol. The minimum atomic E-state index is -3.48. The largest absolute Gasteiger partial charge is 0.481 e. The number of carboxylic acid groups (broad SMARTS) is 1. The molecule has 8 heteroatoms. The van der Waals surface area contributed by atoms with Crippen molar-refractivity contribution in [3.8, 4) is 0 Å². The number of piperidine rings is 1. The van der Waals surface area contributed by atoms with E-state index in [2.05, 4.69) is 11.9 Å². The van der Waals surface area contributed by atoms with Gasteiger partial charge in [0.25, 0.3) is 10.2 Å². The standard InChI is InChI=1S/C15H29N3O4S/c1-16(14-5-3-4-6-14)11-12-17(2)23(21,22)18-9-7-13(8-10-18)15(19)20/h13-14H,3-12H2,1-2H3,(H,19,20). The lowest BCUT2D eigenvalue weighted by molar-refractivity contribution is -0.142. The fourth-order valence-electron chi connectivity index (χ4n) is 3.47. The maximum Gasteiger partial charge on any atom is 0.306 e. The van der Waals surface area contributed by atoms with Gasteiger partial charge in [-0.05, 0) is 32.7 Å². The van der Waals surface area contributed by atoms with Crippen LogP contribution in [-0.4, -0.2) is 79.3 Å². The molecule has 1 saturated carbocycles. The molecule has 1 heterocycles. The van der Waals surface area contributed by atoms with Gasteiger partial charge in [-0.1, -0.05) is 12.8 Å². The lowest BCUT2D eigenvalue weighted by atomic mass is 9.99. The van der Waals surface area contributed by atoms with Crippen molar-refractivity contribution in [1.29, 1.82) is 0 Å². The Kier molecular flexibility index (Phi) is 6.41. The fourth-order valence-corrected chi connectivity index (χ4v) is 4.85. The zero-order valence-corrected chi connectivity index (χ0v) is 15.0. The molecule has 0 aromatic carbocycles. The van der Waals surface area contributed by atoms with Crippen LogP contribution < -0.4 is 0 Å². The summed E-state index contributed by atoms with van der Waals surface area (Å²) < 4.78 is 28.0. The summed E-state index contributed by atoms with van der Waals surface area (Å²) in [7, 11) is 0.193. The van der Waals surface area contributed by atoms with Crippen molar-refractivity contribution in [2.24, 2.45) is 5.92 Å². The Balaban J connectivity index is 1.82. The Hall–Kier alpha value is -0.700. The minimum absolute atomic E-state index is 0.294. The van der Waals surface area contributed by atoms with Gasteiger partial charge in [0.2, 0.25) is 0 Å². The number of carboxylic acids is 1. The first-order valence-electron chi connectivity index (χ1n) is 8.47. The number of likely N-dealkylation sites (N-methyl/N-ethyl adjacent to an activating group) is 2. The molecule has 7 nitrogen and oxygen atoms in total. The van der Waals surface area contributed by atoms with Crippen LogP contribution in [0.2, 0.25) is 0 Å². The van der Waals surface area contributed by atoms with E-state index in [9.17, 15) is 13.2 Å². The van der Waals surface area contributed by atoms with E-state index in [4.69, 9.17) is 5.11 Å². The van der Waals surface area contributed by atoms with Crippen LogP contribution in [0.5, 0.6) is 0 Å². The molecule has 0 aromatic rings. The van der Waals surface area contributed by atoms with Crippen LogP contribution in [0.4, 0.5) is 0 Å². The summed E-state index contributed by atoms with van der Waals surface area (Å²) in [6, 6.07) is 0.581. The van der Waals surface area contributed by atoms with E-state index >= 15 is 0 Å². The minimum Gasteiger partial charge on any atom is -0.481 e. The lowest BCUT2D eigenvalue weighted by Crippen LogP contribution is -2.48. The number of hydrogen-bond donors (Lipinski definition) is 1. The molecular weight excluding hydrogens is 318 g/mol. The van der Waals surface area contributed by atoms with Gasteiger partial charge in [0.05, 0.1) is 5.92 Å². The van der Waals surface area contributed by atoms with Gasteiger partial charge in [-0.25, -0.2) is 0 Å². The van der Waals surface area contributed by atoms with Crippen LogP contribution in [0, 0.1) is 5.92 Å². The summed E-state index contributed by atoms with van der Waals surface area (Å²) in [5.41, 5.74) is 0. The highest BCUT2D eigenvalue weighted by atomic mass is 32.2. The second-order valence-corrected chi connectivity index (χ2v) is 8.80. The third-order valence-electron chi connectivity index (χ3n) is 5.24. The summed E-state index contributed by atoms with van der Waals surface area (Å²) in [6.45, 7) is 1.78. The van der Waals surface area contributed by atoms with Gasteiger partial charge < -0.3 is 10.0 Å². The summed E-state index contributed by atoms with van der Waals surface area (Å²) >= 11 is 0. The van der Waals surface area contributed by atoms with Gasteiger partial charge in [0.1, 0.15) is 0 Å². The first-order chi connectivity index (χ1) is 10.8. The molecule has 0 aromatic heterocycles. The van der Waals surface area contributed by atoms with Crippen molar-refractivity contribution in [3.05, 3.63) is 0 Å². The Bertz CT molecular complexity index is 497. The zero-order valence-electron chi connectivity index (χ0n) is 14.1. The first kappa shape index (κ1) is 18.6. The SMILES string of the molecule is CN(CCN(C)S(=O)(=O)N1CCC(C(=O)O)CC1)C1CCCC1. The van der Waals surface area contributed by atoms with Crippen LogP contribution in [-0.2, 0) is 15.0 Å². The second kappa shape index (κ2) is 7.92. The van der Waals surface area contributed by atoms with Gasteiger partial charge in [-0.15, -0.1) is 0 Å². The van der Waals surface area contributed by atoms with Crippen molar-refractivity contribution in [2.45, 2.75) is 44.6 Å². The van der Waals surface area contributed by atoms with Crippen molar-refractivity contribution >= 4 is 16.2 Å². The van der Waals surface area contributed by atoms with E-state index in [0.29, 0.717) is 38.5 Å². The molecule has 1 aliphatic carbocycles. The summed E-state index contributed by atoms with van der Waals surface area (Å²) in [4.78, 5) is 13.2. The fraction of sp³-hybridized carbons (Fsp3) is 0.933. The molecule has 0 spiro atoms. The molecule has 2 aliphatic rings. The molecular formula is C15H29N3O4S. The van der Waals surface area contributed by atoms with E-state index < -0.39 is 22.1 Å². The number of carbonyl (C=O) groups is 1. The third kappa shape index (κ3) is 4.65. The normalized spacial score (nSPS) is 22.3. The predicted molar refractivity (Wildman–Crippen MR) is 88.4 cm³/mol. The van der Waals surface area contributed by atoms with Gasteiger partial charge in [0, 0.05) is 39.3 Å². The van der Waals surface area contributed by atoms with Crippen LogP contribution >= 0.6 is 0 Å². The zero-order chi connectivity index (χ0) is 17.0. The summed E-state index contributed by atoms with van der Waals surface area (Å²) in [5, 5.41) is 9.00. The van der Waals surface area contributed by atoms with Crippen molar-refractivity contribution < 1.29 is 18.3 Å². The second-order valence-electron chi connectivity index (χ2n) is 6.76. The van der Waals surface area contributed by atoms with E-state index in [0.717, 1.165) is 6.54 Å². The Morgan fingerprint density at radius 3 is 2.17 bits per heavy atom. The van der Waals surface area contributed by atoms with Crippen molar-refractivity contribution in [3.63, 3.8) is 0 Å². The highest BCUT2D eigenvalue weighted by Crippen LogP contribution is 2.23. The van der Waals surface area contributed by atoms with E-state index in [-0.39, 0.29) is 0 Å². The first-order valence-corrected chi connectivity index (χ1v) is 9.86. The highest BCUT2D eigenvalue weighted by Gasteiger charge is 2.33. The van der Waals surface area contributed by atoms with Crippen LogP contribution in [0.25, 0.3) is 0 Å². The molecule has 1 saturated heterocycles. The maximum absolute atomic E-state index is 12.6. The van der Waals surface area contributed by atoms with E-state index in [1.807, 2.05) is 0 Å². The van der Waals surface area contributed by atoms with Crippen molar-refractivity contribution in [1.82, 2.24) is 13.5 Å². The summed E-state index contributed by atoms with van der Waals surface area (Å²) in [6.07, 6.45) is 5.73. The van der Waals surface area contributed by atoms with Gasteiger partial charge in [0.15, 0.2) is 0 Å². The van der Waals surface area contributed by atoms with Gasteiger partial charge in [-0.3, -0.25) is 4.79 Å². The number of nitrogens with zero attached hydrogens (tertiary/aromatic N) is 3. The number of rotatable bonds is 7. The topological polar surface area (TPSA) is 81.2 Å². The molecule has 0 bridgehead atoms. The Morgan fingerprint density at radius 1 is 1.09 bits per heavy atom. The highest BCUT2D eigenvalue weighted by molar-refractivity contribution is 7.86. The van der Waals surface area contributed by atoms with Crippen molar-refractivity contribution in [2.75, 3.05) is 40.3 Å². The molecule has 0 radical (unpaired) electrons. The predicted octanol–water partition coefficient (Wildman–Crippen LogP) is 0.834. The number of aliphatic carboxylic acids is 1. The van der Waals surface area contributed by atoms with Gasteiger partial charge in [-0.2, -0.15) is 17.0 Å². The van der Waals surface area contributed by atoms with E-state index in [1.165, 1.54) is 34.3 Å². The molecule has 0 atom stereocenters. The average Bonchev–Trinajstić information content (AvgIpc) is 3.06. The Labute approximate surface area is 139 Å². The molecule has 2 rings (SSSR count). The molecule has 1 aliphatic heterocycles. The smallest absolute Gasteiger partial charge is 0.306 e. The quantitative estimate of drug-likeness (QED) is 0.738. The molecule has 1 N–H and O–H groups in total. The van der Waals surface area contributed by atoms with Crippen LogP contribution in [0.3, 0.4) is 0 Å². The number of hydrogen-bond acceptors (Lipinski definition) is 4. The molecule has 134 valence electrons. The average molecular weight is 347 g/mol. The van der Waals surface area contributed by atoms with Crippen LogP contribution in [0.1, 0.15) is 38.5 Å². The Morgan fingerprint density at radius 2 is 1.65 bits per heavy atom. The van der Waals surface area contributed by atoms with Gasteiger partial charge >= 0.3 is 5.97 Å². The van der Waals surface area contributed by atoms with E-state index in [1.54, 1.807) is 7.05 Å². The lowest BCUT2D eigenvalue weighted by Gasteiger charge is -2.33. The molecule has 0 amide bonds.